The zero-order valence-corrected chi connectivity index (χ0v) is 17.0. The number of fused-ring (bicyclic) bond motifs is 1. The first-order valence-electron chi connectivity index (χ1n) is 9.23. The quantitative estimate of drug-likeness (QED) is 0.836. The summed E-state index contributed by atoms with van der Waals surface area (Å²) in [4.78, 5) is 27.7. The summed E-state index contributed by atoms with van der Waals surface area (Å²) in [7, 11) is -3.43. The standard InChI is InChI=1S/C21H24N2O4S/c1-4-14(2)20-21(25)22-17-13-16(28(3,26)27)10-11-18(17)23(20)19(24)12-15-8-6-5-7-9-15/h5-11,13-14,20H,4,12H2,1-3H3,(H,22,25)/t14?,20-/m0/s1. The van der Waals surface area contributed by atoms with Gasteiger partial charge in [0.2, 0.25) is 11.8 Å². The van der Waals surface area contributed by atoms with Crippen molar-refractivity contribution in [3.63, 3.8) is 0 Å². The third-order valence-electron chi connectivity index (χ3n) is 5.11. The van der Waals surface area contributed by atoms with Crippen molar-refractivity contribution in [2.75, 3.05) is 16.5 Å². The van der Waals surface area contributed by atoms with Crippen LogP contribution in [0.3, 0.4) is 0 Å². The second kappa shape index (κ2) is 7.75. The maximum Gasteiger partial charge on any atom is 0.247 e. The van der Waals surface area contributed by atoms with Gasteiger partial charge in [0.1, 0.15) is 6.04 Å². The lowest BCUT2D eigenvalue weighted by atomic mass is 9.93. The average Bonchev–Trinajstić information content (AvgIpc) is 2.65. The number of nitrogens with zero attached hydrogens (tertiary/aromatic N) is 1. The van der Waals surface area contributed by atoms with Gasteiger partial charge in [-0.15, -0.1) is 0 Å². The molecule has 2 atom stereocenters. The van der Waals surface area contributed by atoms with Crippen molar-refractivity contribution < 1.29 is 18.0 Å². The molecule has 2 aromatic rings. The van der Waals surface area contributed by atoms with E-state index in [1.165, 1.54) is 17.0 Å². The molecule has 28 heavy (non-hydrogen) atoms. The van der Waals surface area contributed by atoms with Gasteiger partial charge in [-0.2, -0.15) is 0 Å². The molecule has 2 amide bonds. The molecule has 1 heterocycles. The van der Waals surface area contributed by atoms with E-state index in [-0.39, 0.29) is 29.0 Å². The van der Waals surface area contributed by atoms with Crippen LogP contribution in [0.15, 0.2) is 53.4 Å². The normalized spacial score (nSPS) is 17.6. The summed E-state index contributed by atoms with van der Waals surface area (Å²) in [5, 5.41) is 2.79. The topological polar surface area (TPSA) is 83.6 Å². The van der Waals surface area contributed by atoms with Crippen LogP contribution in [0, 0.1) is 5.92 Å². The molecule has 0 saturated heterocycles. The highest BCUT2D eigenvalue weighted by atomic mass is 32.2. The van der Waals surface area contributed by atoms with Crippen LogP contribution in [0.5, 0.6) is 0 Å². The van der Waals surface area contributed by atoms with Gasteiger partial charge < -0.3 is 5.32 Å². The summed E-state index contributed by atoms with van der Waals surface area (Å²) in [5.74, 6) is -0.545. The molecule has 2 aromatic carbocycles. The minimum absolute atomic E-state index is 0.0533. The van der Waals surface area contributed by atoms with Gasteiger partial charge in [0.25, 0.3) is 0 Å². The van der Waals surface area contributed by atoms with Crippen molar-refractivity contribution in [2.24, 2.45) is 5.92 Å². The minimum Gasteiger partial charge on any atom is -0.322 e. The van der Waals surface area contributed by atoms with Crippen molar-refractivity contribution in [3.8, 4) is 0 Å². The maximum absolute atomic E-state index is 13.2. The highest BCUT2D eigenvalue weighted by Gasteiger charge is 2.39. The lowest BCUT2D eigenvalue weighted by Crippen LogP contribution is -2.54. The third kappa shape index (κ3) is 3.94. The van der Waals surface area contributed by atoms with E-state index in [4.69, 9.17) is 0 Å². The summed E-state index contributed by atoms with van der Waals surface area (Å²) >= 11 is 0. The predicted octanol–water partition coefficient (Wildman–Crippen LogP) is 3.03. The first-order valence-corrected chi connectivity index (χ1v) is 11.1. The summed E-state index contributed by atoms with van der Waals surface area (Å²) < 4.78 is 23.8. The van der Waals surface area contributed by atoms with E-state index < -0.39 is 15.9 Å². The van der Waals surface area contributed by atoms with Crippen molar-refractivity contribution in [2.45, 2.75) is 37.6 Å². The predicted molar refractivity (Wildman–Crippen MR) is 109 cm³/mol. The van der Waals surface area contributed by atoms with Gasteiger partial charge >= 0.3 is 0 Å². The van der Waals surface area contributed by atoms with Gasteiger partial charge in [-0.3, -0.25) is 14.5 Å². The first-order chi connectivity index (χ1) is 13.2. The van der Waals surface area contributed by atoms with Crippen LogP contribution >= 0.6 is 0 Å². The Morgan fingerprint density at radius 1 is 1.18 bits per heavy atom. The van der Waals surface area contributed by atoms with Crippen molar-refractivity contribution in [1.82, 2.24) is 0 Å². The van der Waals surface area contributed by atoms with Gasteiger partial charge in [0.05, 0.1) is 22.7 Å². The summed E-state index contributed by atoms with van der Waals surface area (Å²) in [6.45, 7) is 3.91. The molecular weight excluding hydrogens is 376 g/mol. The van der Waals surface area contributed by atoms with Gasteiger partial charge in [-0.1, -0.05) is 50.6 Å². The van der Waals surface area contributed by atoms with E-state index in [1.807, 2.05) is 44.2 Å². The monoisotopic (exact) mass is 400 g/mol. The molecule has 0 aromatic heterocycles. The molecule has 0 bridgehead atoms. The number of nitrogens with one attached hydrogen (secondary N) is 1. The Bertz CT molecular complexity index is 1000. The van der Waals surface area contributed by atoms with E-state index in [1.54, 1.807) is 6.07 Å². The molecule has 0 saturated carbocycles. The van der Waals surface area contributed by atoms with Crippen LogP contribution in [-0.2, 0) is 25.8 Å². The van der Waals surface area contributed by atoms with E-state index in [9.17, 15) is 18.0 Å². The van der Waals surface area contributed by atoms with Gasteiger partial charge in [0, 0.05) is 6.26 Å². The SMILES string of the molecule is CCC(C)[C@H]1C(=O)Nc2cc(S(C)(=O)=O)ccc2N1C(=O)Cc1ccccc1. The third-order valence-corrected chi connectivity index (χ3v) is 6.22. The summed E-state index contributed by atoms with van der Waals surface area (Å²) in [6, 6.07) is 13.2. The number of hydrogen-bond acceptors (Lipinski definition) is 4. The molecule has 1 N–H and O–H groups in total. The molecular formula is C21H24N2O4S. The Hall–Kier alpha value is -2.67. The number of carbonyl (C=O) groups is 2. The fourth-order valence-corrected chi connectivity index (χ4v) is 4.06. The first kappa shape index (κ1) is 20.1. The smallest absolute Gasteiger partial charge is 0.247 e. The Balaban J connectivity index is 2.07. The van der Waals surface area contributed by atoms with Gasteiger partial charge in [-0.25, -0.2) is 8.42 Å². The Kier molecular flexibility index (Phi) is 5.56. The zero-order chi connectivity index (χ0) is 20.5. The Morgan fingerprint density at radius 2 is 1.86 bits per heavy atom. The lowest BCUT2D eigenvalue weighted by molar-refractivity contribution is -0.124. The van der Waals surface area contributed by atoms with Crippen molar-refractivity contribution in [3.05, 3.63) is 54.1 Å². The molecule has 1 unspecified atom stereocenters. The Morgan fingerprint density at radius 3 is 2.46 bits per heavy atom. The average molecular weight is 401 g/mol. The molecule has 0 radical (unpaired) electrons. The summed E-state index contributed by atoms with van der Waals surface area (Å²) in [5.41, 5.74) is 1.72. The maximum atomic E-state index is 13.2. The van der Waals surface area contributed by atoms with Crippen LogP contribution in [0.2, 0.25) is 0 Å². The van der Waals surface area contributed by atoms with Crippen LogP contribution in [0.25, 0.3) is 0 Å². The minimum atomic E-state index is -3.43. The van der Waals surface area contributed by atoms with E-state index in [2.05, 4.69) is 5.32 Å². The van der Waals surface area contributed by atoms with Crippen molar-refractivity contribution in [1.29, 1.82) is 0 Å². The number of rotatable bonds is 5. The molecule has 7 heteroatoms. The zero-order valence-electron chi connectivity index (χ0n) is 16.2. The highest BCUT2D eigenvalue weighted by Crippen LogP contribution is 2.37. The van der Waals surface area contributed by atoms with E-state index in [0.717, 1.165) is 18.2 Å². The molecule has 1 aliphatic heterocycles. The van der Waals surface area contributed by atoms with Crippen LogP contribution in [-0.4, -0.2) is 32.5 Å². The second-order valence-corrected chi connectivity index (χ2v) is 9.21. The van der Waals surface area contributed by atoms with E-state index >= 15 is 0 Å². The molecule has 0 fully saturated rings. The number of amides is 2. The van der Waals surface area contributed by atoms with Crippen LogP contribution in [0.4, 0.5) is 11.4 Å². The molecule has 0 spiro atoms. The number of anilines is 2. The molecule has 3 rings (SSSR count). The number of carbonyl (C=O) groups excluding carboxylic acids is 2. The molecule has 148 valence electrons. The fourth-order valence-electron chi connectivity index (χ4n) is 3.41. The molecule has 6 nitrogen and oxygen atoms in total. The van der Waals surface area contributed by atoms with E-state index in [0.29, 0.717) is 11.4 Å². The largest absolute Gasteiger partial charge is 0.322 e. The Labute approximate surface area is 165 Å². The number of sulfone groups is 1. The van der Waals surface area contributed by atoms with Crippen LogP contribution in [0.1, 0.15) is 25.8 Å². The molecule has 1 aliphatic rings. The van der Waals surface area contributed by atoms with Gasteiger partial charge in [0.15, 0.2) is 9.84 Å². The molecule has 0 aliphatic carbocycles. The fraction of sp³-hybridized carbons (Fsp3) is 0.333. The number of hydrogen-bond donors (Lipinski definition) is 1. The van der Waals surface area contributed by atoms with Crippen LogP contribution < -0.4 is 10.2 Å². The van der Waals surface area contributed by atoms with Crippen molar-refractivity contribution >= 4 is 33.0 Å². The number of benzene rings is 2. The van der Waals surface area contributed by atoms with Gasteiger partial charge in [-0.05, 0) is 29.7 Å². The summed E-state index contributed by atoms with van der Waals surface area (Å²) in [6.07, 6.45) is 2.00. The lowest BCUT2D eigenvalue weighted by Gasteiger charge is -2.39. The second-order valence-electron chi connectivity index (χ2n) is 7.20. The highest BCUT2D eigenvalue weighted by molar-refractivity contribution is 7.90.